The van der Waals surface area contributed by atoms with Crippen LogP contribution in [-0.2, 0) is 17.8 Å². The van der Waals surface area contributed by atoms with Crippen LogP contribution >= 0.6 is 15.9 Å². The van der Waals surface area contributed by atoms with E-state index in [9.17, 15) is 4.79 Å². The normalized spacial score (nSPS) is 15.1. The number of hydrogen-bond acceptors (Lipinski definition) is 1. The van der Waals surface area contributed by atoms with E-state index in [-0.39, 0.29) is 5.91 Å². The Hall–Kier alpha value is -0.830. The van der Waals surface area contributed by atoms with Crippen molar-refractivity contribution in [3.63, 3.8) is 0 Å². The Morgan fingerprint density at radius 1 is 1.50 bits per heavy atom. The Labute approximate surface area is 92.0 Å². The topological polar surface area (TPSA) is 20.3 Å². The van der Waals surface area contributed by atoms with Crippen LogP contribution in [-0.4, -0.2) is 17.4 Å². The average Bonchev–Trinajstić information content (AvgIpc) is 2.18. The van der Waals surface area contributed by atoms with Gasteiger partial charge in [0.1, 0.15) is 0 Å². The lowest BCUT2D eigenvalue weighted by Gasteiger charge is -2.28. The zero-order valence-electron chi connectivity index (χ0n) is 8.09. The van der Waals surface area contributed by atoms with Crippen LogP contribution in [0, 0.1) is 0 Å². The van der Waals surface area contributed by atoms with Crippen LogP contribution < -0.4 is 0 Å². The van der Waals surface area contributed by atoms with Crippen molar-refractivity contribution in [1.82, 2.24) is 4.90 Å². The molecule has 14 heavy (non-hydrogen) atoms. The van der Waals surface area contributed by atoms with Gasteiger partial charge in [-0.25, -0.2) is 0 Å². The molecule has 2 rings (SSSR count). The average molecular weight is 254 g/mol. The van der Waals surface area contributed by atoms with Gasteiger partial charge >= 0.3 is 0 Å². The zero-order valence-corrected chi connectivity index (χ0v) is 9.67. The van der Waals surface area contributed by atoms with E-state index in [1.54, 1.807) is 6.92 Å². The van der Waals surface area contributed by atoms with Gasteiger partial charge < -0.3 is 4.90 Å². The number of benzene rings is 1. The van der Waals surface area contributed by atoms with Crippen molar-refractivity contribution in [2.45, 2.75) is 19.9 Å². The number of halogens is 1. The minimum absolute atomic E-state index is 0.159. The summed E-state index contributed by atoms with van der Waals surface area (Å²) < 4.78 is 1.11. The van der Waals surface area contributed by atoms with Crippen molar-refractivity contribution < 1.29 is 4.79 Å². The molecule has 0 fully saturated rings. The van der Waals surface area contributed by atoms with Gasteiger partial charge in [-0.1, -0.05) is 28.1 Å². The summed E-state index contributed by atoms with van der Waals surface area (Å²) in [6.07, 6.45) is 0.967. The fourth-order valence-electron chi connectivity index (χ4n) is 1.81. The smallest absolute Gasteiger partial charge is 0.219 e. The Kier molecular flexibility index (Phi) is 2.59. The first-order chi connectivity index (χ1) is 6.68. The van der Waals surface area contributed by atoms with Crippen molar-refractivity contribution in [1.29, 1.82) is 0 Å². The molecule has 1 aliphatic heterocycles. The van der Waals surface area contributed by atoms with Gasteiger partial charge in [-0.15, -0.1) is 0 Å². The molecule has 0 spiro atoms. The van der Waals surface area contributed by atoms with Gasteiger partial charge in [0.2, 0.25) is 5.91 Å². The summed E-state index contributed by atoms with van der Waals surface area (Å²) in [5.41, 5.74) is 2.62. The molecule has 1 heterocycles. The van der Waals surface area contributed by atoms with Crippen molar-refractivity contribution in [3.8, 4) is 0 Å². The molecule has 3 heteroatoms. The number of fused-ring (bicyclic) bond motifs is 1. The third-order valence-corrected chi connectivity index (χ3v) is 3.40. The Morgan fingerprint density at radius 3 is 3.00 bits per heavy atom. The molecule has 0 saturated carbocycles. The molecule has 1 aromatic carbocycles. The number of carbonyl (C=O) groups is 1. The second kappa shape index (κ2) is 3.73. The summed E-state index contributed by atoms with van der Waals surface area (Å²) in [6.45, 7) is 3.21. The molecule has 1 amide bonds. The molecule has 0 saturated heterocycles. The number of amides is 1. The largest absolute Gasteiger partial charge is 0.338 e. The van der Waals surface area contributed by atoms with E-state index in [4.69, 9.17) is 0 Å². The molecule has 0 aromatic heterocycles. The van der Waals surface area contributed by atoms with Crippen molar-refractivity contribution in [2.75, 3.05) is 6.54 Å². The first-order valence-corrected chi connectivity index (χ1v) is 5.49. The van der Waals surface area contributed by atoms with Gasteiger partial charge in [-0.2, -0.15) is 0 Å². The van der Waals surface area contributed by atoms with Gasteiger partial charge in [0.15, 0.2) is 0 Å². The monoisotopic (exact) mass is 253 g/mol. The molecule has 74 valence electrons. The summed E-state index contributed by atoms with van der Waals surface area (Å²) in [7, 11) is 0. The number of carbonyl (C=O) groups excluding carboxylic acids is 1. The first kappa shape index (κ1) is 9.71. The minimum atomic E-state index is 0.159. The van der Waals surface area contributed by atoms with Gasteiger partial charge in [-0.3, -0.25) is 4.79 Å². The maximum absolute atomic E-state index is 11.2. The zero-order chi connectivity index (χ0) is 10.1. The van der Waals surface area contributed by atoms with Crippen LogP contribution in [0.1, 0.15) is 18.1 Å². The van der Waals surface area contributed by atoms with E-state index < -0.39 is 0 Å². The van der Waals surface area contributed by atoms with E-state index in [1.165, 1.54) is 11.1 Å². The molecule has 1 aromatic rings. The van der Waals surface area contributed by atoms with Gasteiger partial charge in [-0.05, 0) is 23.6 Å². The standard InChI is InChI=1S/C11H12BrNO/c1-8(14)13-6-5-9-3-2-4-11(12)10(9)7-13/h2-4H,5-7H2,1H3. The SMILES string of the molecule is CC(=O)N1CCc2cccc(Br)c2C1. The van der Waals surface area contributed by atoms with E-state index in [1.807, 2.05) is 17.0 Å². The molecule has 0 unspecified atom stereocenters. The molecule has 0 radical (unpaired) electrons. The predicted octanol–water partition coefficient (Wildman–Crippen LogP) is 2.35. The van der Waals surface area contributed by atoms with Crippen LogP contribution in [0.15, 0.2) is 22.7 Å². The highest BCUT2D eigenvalue weighted by Crippen LogP contribution is 2.26. The fraction of sp³-hybridized carbons (Fsp3) is 0.364. The van der Waals surface area contributed by atoms with E-state index in [0.717, 1.165) is 24.0 Å². The third-order valence-electron chi connectivity index (χ3n) is 2.66. The minimum Gasteiger partial charge on any atom is -0.338 e. The van der Waals surface area contributed by atoms with Crippen LogP contribution in [0.4, 0.5) is 0 Å². The molecular weight excluding hydrogens is 242 g/mol. The van der Waals surface area contributed by atoms with E-state index in [0.29, 0.717) is 0 Å². The highest BCUT2D eigenvalue weighted by Gasteiger charge is 2.19. The van der Waals surface area contributed by atoms with Crippen molar-refractivity contribution >= 4 is 21.8 Å². The molecule has 0 bridgehead atoms. The van der Waals surface area contributed by atoms with Gasteiger partial charge in [0.25, 0.3) is 0 Å². The van der Waals surface area contributed by atoms with E-state index >= 15 is 0 Å². The molecule has 0 aliphatic carbocycles. The summed E-state index contributed by atoms with van der Waals surface area (Å²) in [4.78, 5) is 13.1. The van der Waals surface area contributed by atoms with Gasteiger partial charge in [0.05, 0.1) is 0 Å². The molecule has 2 nitrogen and oxygen atoms in total. The highest BCUT2D eigenvalue weighted by atomic mass is 79.9. The summed E-state index contributed by atoms with van der Waals surface area (Å²) in [6, 6.07) is 6.21. The lowest BCUT2D eigenvalue weighted by Crippen LogP contribution is -2.34. The highest BCUT2D eigenvalue weighted by molar-refractivity contribution is 9.10. The number of rotatable bonds is 0. The molecule has 0 atom stereocenters. The van der Waals surface area contributed by atoms with Crippen LogP contribution in [0.2, 0.25) is 0 Å². The first-order valence-electron chi connectivity index (χ1n) is 4.70. The van der Waals surface area contributed by atoms with E-state index in [2.05, 4.69) is 22.0 Å². The van der Waals surface area contributed by atoms with Gasteiger partial charge in [0, 0.05) is 24.5 Å². The predicted molar refractivity (Wildman–Crippen MR) is 58.9 cm³/mol. The van der Waals surface area contributed by atoms with Crippen LogP contribution in [0.3, 0.4) is 0 Å². The fourth-order valence-corrected chi connectivity index (χ4v) is 2.34. The number of hydrogen-bond donors (Lipinski definition) is 0. The van der Waals surface area contributed by atoms with Crippen molar-refractivity contribution in [3.05, 3.63) is 33.8 Å². The summed E-state index contributed by atoms with van der Waals surface area (Å²) in [5.74, 6) is 0.159. The lowest BCUT2D eigenvalue weighted by atomic mass is 10.00. The maximum atomic E-state index is 11.2. The summed E-state index contributed by atoms with van der Waals surface area (Å²) >= 11 is 3.52. The Morgan fingerprint density at radius 2 is 2.29 bits per heavy atom. The Balaban J connectivity index is 2.33. The second-order valence-corrected chi connectivity index (χ2v) is 4.42. The Bertz CT molecular complexity index is 376. The summed E-state index contributed by atoms with van der Waals surface area (Å²) in [5, 5.41) is 0. The van der Waals surface area contributed by atoms with Crippen LogP contribution in [0.5, 0.6) is 0 Å². The van der Waals surface area contributed by atoms with Crippen LogP contribution in [0.25, 0.3) is 0 Å². The molecular formula is C11H12BrNO. The quantitative estimate of drug-likeness (QED) is 0.696. The maximum Gasteiger partial charge on any atom is 0.219 e. The molecule has 0 N–H and O–H groups in total. The third kappa shape index (κ3) is 1.69. The number of nitrogens with zero attached hydrogens (tertiary/aromatic N) is 1. The second-order valence-electron chi connectivity index (χ2n) is 3.57. The molecule has 1 aliphatic rings. The lowest BCUT2D eigenvalue weighted by molar-refractivity contribution is -0.129. The van der Waals surface area contributed by atoms with Crippen molar-refractivity contribution in [2.24, 2.45) is 0 Å².